The molecule has 0 aromatic carbocycles. The highest BCUT2D eigenvalue weighted by Crippen LogP contribution is 2.23. The van der Waals surface area contributed by atoms with Crippen LogP contribution in [0.4, 0.5) is 0 Å². The van der Waals surface area contributed by atoms with Crippen LogP contribution in [0.2, 0.25) is 0 Å². The molecule has 0 bridgehead atoms. The molecule has 1 heterocycles. The number of sulfone groups is 1. The smallest absolute Gasteiger partial charge is 0.223 e. The first-order valence-electron chi connectivity index (χ1n) is 5.45. The van der Waals surface area contributed by atoms with E-state index in [-0.39, 0.29) is 11.7 Å². The van der Waals surface area contributed by atoms with Crippen molar-refractivity contribution >= 4 is 15.7 Å². The molecule has 94 valence electrons. The largest absolute Gasteiger partial charge is 0.340 e. The minimum atomic E-state index is -3.06. The van der Waals surface area contributed by atoms with Gasteiger partial charge in [0.05, 0.1) is 10.5 Å². The number of hydrogen-bond acceptors (Lipinski definition) is 4. The molecular formula is C10H20N2O3S. The molecule has 1 rings (SSSR count). The summed E-state index contributed by atoms with van der Waals surface area (Å²) < 4.78 is 22.7. The van der Waals surface area contributed by atoms with Gasteiger partial charge in [-0.15, -0.1) is 0 Å². The summed E-state index contributed by atoms with van der Waals surface area (Å²) >= 11 is 0. The van der Waals surface area contributed by atoms with Crippen molar-refractivity contribution in [3.05, 3.63) is 0 Å². The van der Waals surface area contributed by atoms with Crippen LogP contribution in [-0.4, -0.2) is 56.4 Å². The van der Waals surface area contributed by atoms with Gasteiger partial charge >= 0.3 is 0 Å². The molecule has 6 heteroatoms. The Labute approximate surface area is 97.1 Å². The van der Waals surface area contributed by atoms with Crippen LogP contribution in [0.5, 0.6) is 0 Å². The molecule has 16 heavy (non-hydrogen) atoms. The zero-order chi connectivity index (χ0) is 12.4. The summed E-state index contributed by atoms with van der Waals surface area (Å²) in [4.78, 5) is 13.4. The van der Waals surface area contributed by atoms with Gasteiger partial charge in [0.1, 0.15) is 0 Å². The molecule has 1 fully saturated rings. The first kappa shape index (κ1) is 13.4. The first-order valence-corrected chi connectivity index (χ1v) is 7.10. The van der Waals surface area contributed by atoms with Crippen LogP contribution in [0.15, 0.2) is 0 Å². The Balaban J connectivity index is 2.66. The van der Waals surface area contributed by atoms with Crippen molar-refractivity contribution in [1.82, 2.24) is 10.2 Å². The monoisotopic (exact) mass is 248 g/mol. The van der Waals surface area contributed by atoms with Gasteiger partial charge in [0.15, 0.2) is 9.84 Å². The number of carbonyl (C=O) groups excluding carboxylic acids is 1. The van der Waals surface area contributed by atoms with Crippen molar-refractivity contribution in [2.75, 3.05) is 32.4 Å². The van der Waals surface area contributed by atoms with E-state index < -0.39 is 14.6 Å². The SMILES string of the molecule is CNCCC(=O)N1CCS(=O)(=O)C(C)(C)C1. The molecule has 1 saturated heterocycles. The van der Waals surface area contributed by atoms with Crippen LogP contribution in [0.1, 0.15) is 20.3 Å². The number of nitrogens with zero attached hydrogens (tertiary/aromatic N) is 1. The number of nitrogens with one attached hydrogen (secondary N) is 1. The standard InChI is InChI=1S/C10H20N2O3S/c1-10(2)8-12(6-7-16(10,14)15)9(13)4-5-11-3/h11H,4-8H2,1-3H3. The van der Waals surface area contributed by atoms with Crippen molar-refractivity contribution in [3.8, 4) is 0 Å². The van der Waals surface area contributed by atoms with Gasteiger partial charge < -0.3 is 10.2 Å². The fourth-order valence-electron chi connectivity index (χ4n) is 1.75. The zero-order valence-electron chi connectivity index (χ0n) is 10.1. The van der Waals surface area contributed by atoms with E-state index in [4.69, 9.17) is 0 Å². The van der Waals surface area contributed by atoms with E-state index in [9.17, 15) is 13.2 Å². The highest BCUT2D eigenvalue weighted by atomic mass is 32.2. The van der Waals surface area contributed by atoms with Gasteiger partial charge in [0.2, 0.25) is 5.91 Å². The van der Waals surface area contributed by atoms with Crippen molar-refractivity contribution in [1.29, 1.82) is 0 Å². The molecule has 0 unspecified atom stereocenters. The minimum Gasteiger partial charge on any atom is -0.340 e. The summed E-state index contributed by atoms with van der Waals surface area (Å²) in [6.07, 6.45) is 0.423. The van der Waals surface area contributed by atoms with E-state index in [1.54, 1.807) is 25.8 Å². The average Bonchev–Trinajstić information content (AvgIpc) is 2.18. The van der Waals surface area contributed by atoms with Gasteiger partial charge in [0, 0.05) is 26.1 Å². The minimum absolute atomic E-state index is 0.0253. The highest BCUT2D eigenvalue weighted by Gasteiger charge is 2.41. The van der Waals surface area contributed by atoms with Crippen molar-refractivity contribution in [2.45, 2.75) is 25.0 Å². The molecular weight excluding hydrogens is 228 g/mol. The lowest BCUT2D eigenvalue weighted by molar-refractivity contribution is -0.131. The third kappa shape index (κ3) is 2.74. The van der Waals surface area contributed by atoms with E-state index in [1.807, 2.05) is 0 Å². The molecule has 0 saturated carbocycles. The summed E-state index contributed by atoms with van der Waals surface area (Å²) in [6, 6.07) is 0. The van der Waals surface area contributed by atoms with Crippen LogP contribution < -0.4 is 5.32 Å². The quantitative estimate of drug-likeness (QED) is 0.740. The van der Waals surface area contributed by atoms with E-state index >= 15 is 0 Å². The van der Waals surface area contributed by atoms with Crippen molar-refractivity contribution in [2.24, 2.45) is 0 Å². The third-order valence-electron chi connectivity index (χ3n) is 2.99. The number of amides is 1. The topological polar surface area (TPSA) is 66.5 Å². The van der Waals surface area contributed by atoms with Gasteiger partial charge in [-0.2, -0.15) is 0 Å². The van der Waals surface area contributed by atoms with Gasteiger partial charge in [-0.3, -0.25) is 4.79 Å². The first-order chi connectivity index (χ1) is 7.30. The van der Waals surface area contributed by atoms with Crippen molar-refractivity contribution in [3.63, 3.8) is 0 Å². The molecule has 5 nitrogen and oxygen atoms in total. The normalized spacial score (nSPS) is 23.1. The van der Waals surface area contributed by atoms with Crippen LogP contribution in [-0.2, 0) is 14.6 Å². The number of rotatable bonds is 3. The summed E-state index contributed by atoms with van der Waals surface area (Å²) in [5.74, 6) is 0.1000. The lowest BCUT2D eigenvalue weighted by Crippen LogP contribution is -2.54. The molecule has 1 aliphatic heterocycles. The molecule has 0 atom stereocenters. The van der Waals surface area contributed by atoms with Crippen LogP contribution in [0, 0.1) is 0 Å². The van der Waals surface area contributed by atoms with Gasteiger partial charge in [-0.1, -0.05) is 0 Å². The Morgan fingerprint density at radius 2 is 2.06 bits per heavy atom. The van der Waals surface area contributed by atoms with Crippen molar-refractivity contribution < 1.29 is 13.2 Å². The number of carbonyl (C=O) groups is 1. The zero-order valence-corrected chi connectivity index (χ0v) is 10.9. The summed E-state index contributed by atoms with van der Waals surface area (Å²) in [6.45, 7) is 4.62. The van der Waals surface area contributed by atoms with E-state index in [0.717, 1.165) is 0 Å². The Morgan fingerprint density at radius 1 is 1.44 bits per heavy atom. The van der Waals surface area contributed by atoms with E-state index in [1.165, 1.54) is 0 Å². The van der Waals surface area contributed by atoms with E-state index in [2.05, 4.69) is 5.32 Å². The summed E-state index contributed by atoms with van der Waals surface area (Å²) in [5.41, 5.74) is 0. The fraction of sp³-hybridized carbons (Fsp3) is 0.900. The fourth-order valence-corrected chi connectivity index (χ4v) is 3.11. The molecule has 0 aromatic heterocycles. The highest BCUT2D eigenvalue weighted by molar-refractivity contribution is 7.92. The van der Waals surface area contributed by atoms with Crippen LogP contribution in [0.25, 0.3) is 0 Å². The van der Waals surface area contributed by atoms with Gasteiger partial charge in [-0.25, -0.2) is 8.42 Å². The second-order valence-corrected chi connectivity index (χ2v) is 7.49. The third-order valence-corrected chi connectivity index (χ3v) is 5.52. The van der Waals surface area contributed by atoms with Gasteiger partial charge in [-0.05, 0) is 20.9 Å². The molecule has 0 aliphatic carbocycles. The molecule has 1 aliphatic rings. The molecule has 0 radical (unpaired) electrons. The maximum Gasteiger partial charge on any atom is 0.223 e. The van der Waals surface area contributed by atoms with Crippen LogP contribution in [0.3, 0.4) is 0 Å². The Bertz CT molecular complexity index is 362. The molecule has 0 aromatic rings. The maximum atomic E-state index is 11.7. The lowest BCUT2D eigenvalue weighted by Gasteiger charge is -2.37. The molecule has 1 amide bonds. The van der Waals surface area contributed by atoms with Crippen LogP contribution >= 0.6 is 0 Å². The Morgan fingerprint density at radius 3 is 2.56 bits per heavy atom. The number of hydrogen-bond donors (Lipinski definition) is 1. The molecule has 1 N–H and O–H groups in total. The maximum absolute atomic E-state index is 11.7. The second kappa shape index (κ2) is 4.71. The molecule has 0 spiro atoms. The summed E-state index contributed by atoms with van der Waals surface area (Å²) in [5, 5.41) is 2.91. The van der Waals surface area contributed by atoms with Gasteiger partial charge in [0.25, 0.3) is 0 Å². The van der Waals surface area contributed by atoms with E-state index in [0.29, 0.717) is 26.1 Å². The predicted molar refractivity (Wildman–Crippen MR) is 63.0 cm³/mol. The Hall–Kier alpha value is -0.620. The lowest BCUT2D eigenvalue weighted by atomic mass is 10.1. The second-order valence-electron chi connectivity index (χ2n) is 4.75. The predicted octanol–water partition coefficient (Wildman–Crippen LogP) is -0.368. The average molecular weight is 248 g/mol. The Kier molecular flexibility index (Phi) is 3.96. The summed E-state index contributed by atoms with van der Waals surface area (Å²) in [7, 11) is -1.27.